The summed E-state index contributed by atoms with van der Waals surface area (Å²) in [5.41, 5.74) is 0. The van der Waals surface area contributed by atoms with Crippen LogP contribution in [0.15, 0.2) is 0 Å². The van der Waals surface area contributed by atoms with Gasteiger partial charge in [-0.3, -0.25) is 4.79 Å². The van der Waals surface area contributed by atoms with E-state index >= 15 is 0 Å². The molecule has 76 valence electrons. The molecule has 1 amide bonds. The van der Waals surface area contributed by atoms with Crippen molar-refractivity contribution in [1.29, 1.82) is 0 Å². The Balaban J connectivity index is 3.51. The first-order valence-electron chi connectivity index (χ1n) is 3.42. The van der Waals surface area contributed by atoms with Gasteiger partial charge in [0.2, 0.25) is 0 Å². The smallest absolute Gasteiger partial charge is 0.408 e. The second-order valence-corrected chi connectivity index (χ2v) is 2.39. The molecule has 7 heteroatoms. The fraction of sp³-hybridized carbons (Fsp3) is 0.667. The van der Waals surface area contributed by atoms with Crippen LogP contribution in [-0.2, 0) is 9.53 Å². The fourth-order valence-electron chi connectivity index (χ4n) is 0.575. The van der Waals surface area contributed by atoms with Gasteiger partial charge in [-0.15, -0.1) is 0 Å². The molecule has 6 nitrogen and oxygen atoms in total. The maximum Gasteiger partial charge on any atom is 0.408 e. The van der Waals surface area contributed by atoms with Crippen LogP contribution in [0.3, 0.4) is 0 Å². The lowest BCUT2D eigenvalue weighted by molar-refractivity contribution is -0.139. The van der Waals surface area contributed by atoms with Crippen molar-refractivity contribution in [2.24, 2.45) is 0 Å². The summed E-state index contributed by atoms with van der Waals surface area (Å²) in [4.78, 5) is 20.6. The maximum atomic E-state index is 10.6. The highest BCUT2D eigenvalue weighted by molar-refractivity contribution is 6.17. The minimum Gasteiger partial charge on any atom is -0.481 e. The molecular formula is C6H10ClNO5. The Labute approximate surface area is 79.4 Å². The van der Waals surface area contributed by atoms with Crippen LogP contribution in [-0.4, -0.2) is 41.0 Å². The quantitative estimate of drug-likeness (QED) is 0.545. The molecule has 0 aliphatic heterocycles. The van der Waals surface area contributed by atoms with Gasteiger partial charge >= 0.3 is 12.1 Å². The summed E-state index contributed by atoms with van der Waals surface area (Å²) < 4.78 is 4.25. The number of carbonyl (C=O) groups excluding carboxylic acids is 1. The highest BCUT2D eigenvalue weighted by Gasteiger charge is 2.10. The summed E-state index contributed by atoms with van der Waals surface area (Å²) in [5.74, 6) is -1.14. The minimum absolute atomic E-state index is 0.179. The number of alkyl carbamates (subject to hydrolysis) is 1. The molecule has 1 atom stereocenters. The molecule has 1 unspecified atom stereocenters. The predicted molar refractivity (Wildman–Crippen MR) is 43.5 cm³/mol. The van der Waals surface area contributed by atoms with Gasteiger partial charge in [0, 0.05) is 6.54 Å². The van der Waals surface area contributed by atoms with Crippen molar-refractivity contribution in [3.05, 3.63) is 0 Å². The summed E-state index contributed by atoms with van der Waals surface area (Å²) in [6, 6.07) is -0.291. The van der Waals surface area contributed by atoms with E-state index in [4.69, 9.17) is 21.8 Å². The van der Waals surface area contributed by atoms with Crippen molar-refractivity contribution in [1.82, 2.24) is 5.32 Å². The fourth-order valence-corrected chi connectivity index (χ4v) is 0.675. The van der Waals surface area contributed by atoms with E-state index in [0.717, 1.165) is 0 Å². The lowest BCUT2D eigenvalue weighted by atomic mass is 10.2. The van der Waals surface area contributed by atoms with Crippen LogP contribution >= 0.6 is 11.6 Å². The Morgan fingerprint density at radius 3 is 2.62 bits per heavy atom. The van der Waals surface area contributed by atoms with Crippen LogP contribution in [0.5, 0.6) is 0 Å². The molecule has 0 saturated heterocycles. The van der Waals surface area contributed by atoms with Crippen molar-refractivity contribution >= 4 is 23.7 Å². The zero-order valence-corrected chi connectivity index (χ0v) is 7.45. The molecule has 0 saturated carbocycles. The number of carboxylic acid groups (broad SMARTS) is 1. The molecule has 0 aromatic carbocycles. The predicted octanol–water partition coefficient (Wildman–Crippen LogP) is -0.255. The average molecular weight is 212 g/mol. The zero-order valence-electron chi connectivity index (χ0n) is 6.70. The van der Waals surface area contributed by atoms with Gasteiger partial charge in [0.1, 0.15) is 0 Å². The third-order valence-corrected chi connectivity index (χ3v) is 1.19. The van der Waals surface area contributed by atoms with Crippen LogP contribution in [0.4, 0.5) is 4.79 Å². The standard InChI is InChI=1S/C6H10ClNO5/c7-3-13-6(12)8-2-4(9)1-5(10)11/h4,9H,1-3H2,(H,8,12)(H,10,11). The average Bonchev–Trinajstić information content (AvgIpc) is 2.00. The van der Waals surface area contributed by atoms with Gasteiger partial charge in [0.05, 0.1) is 12.5 Å². The number of halogens is 1. The molecule has 0 aromatic rings. The second-order valence-electron chi connectivity index (χ2n) is 2.17. The summed E-state index contributed by atoms with van der Waals surface area (Å²) >= 11 is 5.06. The Bertz CT molecular complexity index is 186. The number of amides is 1. The third kappa shape index (κ3) is 7.35. The number of rotatable bonds is 5. The van der Waals surface area contributed by atoms with E-state index in [2.05, 4.69) is 10.1 Å². The number of carbonyl (C=O) groups is 2. The summed E-state index contributed by atoms with van der Waals surface area (Å²) in [6.45, 7) is -0.179. The lowest BCUT2D eigenvalue weighted by Crippen LogP contribution is -2.33. The van der Waals surface area contributed by atoms with Crippen LogP contribution in [0.1, 0.15) is 6.42 Å². The van der Waals surface area contributed by atoms with E-state index in [-0.39, 0.29) is 12.6 Å². The second kappa shape index (κ2) is 6.50. The SMILES string of the molecule is O=C(O)CC(O)CNC(=O)OCCl. The van der Waals surface area contributed by atoms with Crippen molar-refractivity contribution in [3.63, 3.8) is 0 Å². The number of ether oxygens (including phenoxy) is 1. The third-order valence-electron chi connectivity index (χ3n) is 1.08. The van der Waals surface area contributed by atoms with Gasteiger partial charge in [-0.1, -0.05) is 11.6 Å². The van der Waals surface area contributed by atoms with Gasteiger partial charge < -0.3 is 20.3 Å². The summed E-state index contributed by atoms with van der Waals surface area (Å²) in [7, 11) is 0. The largest absolute Gasteiger partial charge is 0.481 e. The van der Waals surface area contributed by atoms with Gasteiger partial charge in [-0.05, 0) is 0 Å². The molecule has 3 N–H and O–H groups in total. The zero-order chi connectivity index (χ0) is 10.3. The van der Waals surface area contributed by atoms with Gasteiger partial charge in [0.25, 0.3) is 0 Å². The van der Waals surface area contributed by atoms with Crippen LogP contribution in [0, 0.1) is 0 Å². The molecular weight excluding hydrogens is 202 g/mol. The van der Waals surface area contributed by atoms with E-state index in [1.54, 1.807) is 0 Å². The normalized spacial score (nSPS) is 11.8. The Kier molecular flexibility index (Phi) is 5.99. The molecule has 0 heterocycles. The van der Waals surface area contributed by atoms with E-state index in [1.807, 2.05) is 0 Å². The first-order chi connectivity index (χ1) is 6.06. The van der Waals surface area contributed by atoms with Crippen LogP contribution < -0.4 is 5.32 Å². The Hall–Kier alpha value is -1.01. The first-order valence-corrected chi connectivity index (χ1v) is 3.96. The number of hydrogen-bond acceptors (Lipinski definition) is 4. The molecule has 0 spiro atoms. The van der Waals surface area contributed by atoms with Crippen LogP contribution in [0.2, 0.25) is 0 Å². The molecule has 0 aliphatic carbocycles. The van der Waals surface area contributed by atoms with Crippen LogP contribution in [0.25, 0.3) is 0 Å². The number of aliphatic carboxylic acids is 1. The Morgan fingerprint density at radius 2 is 2.15 bits per heavy atom. The molecule has 0 bridgehead atoms. The monoisotopic (exact) mass is 211 g/mol. The first kappa shape index (κ1) is 12.0. The molecule has 0 aromatic heterocycles. The number of carboxylic acids is 1. The number of nitrogens with one attached hydrogen (secondary N) is 1. The maximum absolute atomic E-state index is 10.6. The Morgan fingerprint density at radius 1 is 1.54 bits per heavy atom. The van der Waals surface area contributed by atoms with E-state index < -0.39 is 24.6 Å². The van der Waals surface area contributed by atoms with Crippen molar-refractivity contribution < 1.29 is 24.5 Å². The highest BCUT2D eigenvalue weighted by atomic mass is 35.5. The molecule has 13 heavy (non-hydrogen) atoms. The molecule has 0 aliphatic rings. The summed E-state index contributed by atoms with van der Waals surface area (Å²) in [6.07, 6.45) is -2.35. The van der Waals surface area contributed by atoms with Crippen molar-refractivity contribution in [2.75, 3.05) is 12.6 Å². The van der Waals surface area contributed by atoms with Crippen molar-refractivity contribution in [2.45, 2.75) is 12.5 Å². The number of alkyl halides is 1. The molecule has 0 rings (SSSR count). The summed E-state index contributed by atoms with van der Waals surface area (Å²) in [5, 5.41) is 19.3. The lowest BCUT2D eigenvalue weighted by Gasteiger charge is -2.08. The van der Waals surface area contributed by atoms with Gasteiger partial charge in [-0.2, -0.15) is 0 Å². The van der Waals surface area contributed by atoms with Gasteiger partial charge in [0.15, 0.2) is 6.07 Å². The van der Waals surface area contributed by atoms with Crippen molar-refractivity contribution in [3.8, 4) is 0 Å². The number of aliphatic hydroxyl groups excluding tert-OH is 1. The van der Waals surface area contributed by atoms with E-state index in [9.17, 15) is 9.59 Å². The van der Waals surface area contributed by atoms with Gasteiger partial charge in [-0.25, -0.2) is 4.79 Å². The topological polar surface area (TPSA) is 95.9 Å². The van der Waals surface area contributed by atoms with E-state index in [0.29, 0.717) is 0 Å². The molecule has 0 fully saturated rings. The number of hydrogen-bond donors (Lipinski definition) is 3. The number of aliphatic hydroxyl groups is 1. The van der Waals surface area contributed by atoms with E-state index in [1.165, 1.54) is 0 Å². The highest BCUT2D eigenvalue weighted by Crippen LogP contribution is 1.90. The minimum atomic E-state index is -1.14. The molecule has 0 radical (unpaired) electrons.